The van der Waals surface area contributed by atoms with Gasteiger partial charge >= 0.3 is 0 Å². The second kappa shape index (κ2) is 5.73. The first-order valence-electron chi connectivity index (χ1n) is 6.71. The van der Waals surface area contributed by atoms with Crippen LogP contribution in [-0.2, 0) is 0 Å². The molecule has 110 valence electrons. The van der Waals surface area contributed by atoms with E-state index >= 15 is 0 Å². The van der Waals surface area contributed by atoms with Gasteiger partial charge in [0.25, 0.3) is 5.56 Å². The summed E-state index contributed by atoms with van der Waals surface area (Å²) in [6, 6.07) is 12.2. The minimum atomic E-state index is -0.178. The van der Waals surface area contributed by atoms with E-state index in [1.54, 1.807) is 48.6 Å². The summed E-state index contributed by atoms with van der Waals surface area (Å²) in [5, 5.41) is 10.3. The zero-order chi connectivity index (χ0) is 15.5. The first kappa shape index (κ1) is 13.9. The standard InChI is InChI=1S/C17H14N2O3/c1-22-15-8-6-11(10-14(15)20)7-9-16-18-13-5-3-2-4-12(13)17(21)19-16/h2-10,20H,1H3,(H,18,19,21)/b9-7-. The second-order valence-corrected chi connectivity index (χ2v) is 4.73. The molecular weight excluding hydrogens is 280 g/mol. The molecule has 2 aromatic carbocycles. The molecule has 0 bridgehead atoms. The van der Waals surface area contributed by atoms with Crippen molar-refractivity contribution in [2.45, 2.75) is 0 Å². The summed E-state index contributed by atoms with van der Waals surface area (Å²) in [5.41, 5.74) is 1.24. The molecular formula is C17H14N2O3. The van der Waals surface area contributed by atoms with E-state index in [0.717, 1.165) is 5.56 Å². The normalized spacial score (nSPS) is 11.1. The van der Waals surface area contributed by atoms with Gasteiger partial charge in [-0.2, -0.15) is 0 Å². The number of phenolic OH excluding ortho intramolecular Hbond substituents is 1. The maximum absolute atomic E-state index is 12.0. The molecule has 22 heavy (non-hydrogen) atoms. The van der Waals surface area contributed by atoms with Gasteiger partial charge in [0.1, 0.15) is 5.82 Å². The van der Waals surface area contributed by atoms with E-state index in [1.165, 1.54) is 7.11 Å². The number of hydrogen-bond acceptors (Lipinski definition) is 4. The fraction of sp³-hybridized carbons (Fsp3) is 0.0588. The minimum absolute atomic E-state index is 0.0598. The van der Waals surface area contributed by atoms with Crippen molar-refractivity contribution in [3.05, 3.63) is 64.2 Å². The van der Waals surface area contributed by atoms with Crippen LogP contribution in [0.2, 0.25) is 0 Å². The van der Waals surface area contributed by atoms with Gasteiger partial charge in [0, 0.05) is 0 Å². The van der Waals surface area contributed by atoms with Crippen LogP contribution in [0, 0.1) is 0 Å². The number of para-hydroxylation sites is 1. The Hall–Kier alpha value is -3.08. The smallest absolute Gasteiger partial charge is 0.259 e. The average Bonchev–Trinajstić information content (AvgIpc) is 2.53. The second-order valence-electron chi connectivity index (χ2n) is 4.73. The summed E-state index contributed by atoms with van der Waals surface area (Å²) in [5.74, 6) is 0.929. The summed E-state index contributed by atoms with van der Waals surface area (Å²) in [6.45, 7) is 0. The number of phenols is 1. The maximum Gasteiger partial charge on any atom is 0.259 e. The number of rotatable bonds is 3. The zero-order valence-corrected chi connectivity index (χ0v) is 11.9. The van der Waals surface area contributed by atoms with Crippen molar-refractivity contribution in [3.8, 4) is 11.5 Å². The van der Waals surface area contributed by atoms with Crippen molar-refractivity contribution < 1.29 is 9.84 Å². The molecule has 0 unspecified atom stereocenters. The van der Waals surface area contributed by atoms with Crippen LogP contribution >= 0.6 is 0 Å². The summed E-state index contributed by atoms with van der Waals surface area (Å²) in [4.78, 5) is 19.1. The number of nitrogens with zero attached hydrogens (tertiary/aromatic N) is 1. The van der Waals surface area contributed by atoms with E-state index in [4.69, 9.17) is 4.74 Å². The highest BCUT2D eigenvalue weighted by atomic mass is 16.5. The average molecular weight is 294 g/mol. The predicted molar refractivity (Wildman–Crippen MR) is 86.0 cm³/mol. The molecule has 0 aliphatic rings. The van der Waals surface area contributed by atoms with E-state index in [1.807, 2.05) is 6.07 Å². The third-order valence-electron chi connectivity index (χ3n) is 3.27. The molecule has 1 aromatic heterocycles. The van der Waals surface area contributed by atoms with E-state index in [9.17, 15) is 9.90 Å². The molecule has 0 saturated heterocycles. The van der Waals surface area contributed by atoms with Crippen molar-refractivity contribution in [1.82, 2.24) is 9.97 Å². The highest BCUT2D eigenvalue weighted by Gasteiger charge is 2.02. The third kappa shape index (κ3) is 2.69. The molecule has 0 radical (unpaired) electrons. The molecule has 3 rings (SSSR count). The lowest BCUT2D eigenvalue weighted by Crippen LogP contribution is -2.09. The molecule has 0 aliphatic carbocycles. The van der Waals surface area contributed by atoms with Crippen LogP contribution in [0.3, 0.4) is 0 Å². The summed E-state index contributed by atoms with van der Waals surface area (Å²) in [7, 11) is 1.49. The lowest BCUT2D eigenvalue weighted by atomic mass is 10.2. The molecule has 0 spiro atoms. The molecule has 0 aliphatic heterocycles. The number of aromatic amines is 1. The Labute approximate surface area is 126 Å². The first-order chi connectivity index (χ1) is 10.7. The number of H-pyrrole nitrogens is 1. The predicted octanol–water partition coefficient (Wildman–Crippen LogP) is 2.81. The highest BCUT2D eigenvalue weighted by molar-refractivity contribution is 5.79. The molecule has 0 atom stereocenters. The number of methoxy groups -OCH3 is 1. The SMILES string of the molecule is COc1ccc(/C=C\c2nc3ccccc3c(=O)[nH]2)cc1O. The van der Waals surface area contributed by atoms with Gasteiger partial charge < -0.3 is 14.8 Å². The Balaban J connectivity index is 1.95. The van der Waals surface area contributed by atoms with Gasteiger partial charge in [-0.15, -0.1) is 0 Å². The van der Waals surface area contributed by atoms with E-state index < -0.39 is 0 Å². The van der Waals surface area contributed by atoms with Gasteiger partial charge in [-0.1, -0.05) is 24.3 Å². The number of aromatic nitrogens is 2. The Morgan fingerprint density at radius 1 is 1.18 bits per heavy atom. The Morgan fingerprint density at radius 2 is 2.00 bits per heavy atom. The van der Waals surface area contributed by atoms with Gasteiger partial charge in [0.15, 0.2) is 11.5 Å². The Morgan fingerprint density at radius 3 is 2.77 bits per heavy atom. The lowest BCUT2D eigenvalue weighted by molar-refractivity contribution is 0.373. The van der Waals surface area contributed by atoms with Gasteiger partial charge in [-0.25, -0.2) is 4.98 Å². The molecule has 0 saturated carbocycles. The van der Waals surface area contributed by atoms with Crippen LogP contribution < -0.4 is 10.3 Å². The van der Waals surface area contributed by atoms with Gasteiger partial charge in [-0.3, -0.25) is 4.79 Å². The third-order valence-corrected chi connectivity index (χ3v) is 3.27. The number of hydrogen-bond donors (Lipinski definition) is 2. The van der Waals surface area contributed by atoms with Gasteiger partial charge in [0.2, 0.25) is 0 Å². The molecule has 5 heteroatoms. The number of aromatic hydroxyl groups is 1. The number of benzene rings is 2. The molecule has 0 amide bonds. The quantitative estimate of drug-likeness (QED) is 0.779. The van der Waals surface area contributed by atoms with Crippen LogP contribution in [0.5, 0.6) is 11.5 Å². The molecule has 0 fully saturated rings. The van der Waals surface area contributed by atoms with Gasteiger partial charge in [-0.05, 0) is 35.9 Å². The van der Waals surface area contributed by atoms with Crippen LogP contribution in [0.25, 0.3) is 23.1 Å². The van der Waals surface area contributed by atoms with Gasteiger partial charge in [0.05, 0.1) is 18.0 Å². The fourth-order valence-electron chi connectivity index (χ4n) is 2.17. The van der Waals surface area contributed by atoms with Crippen molar-refractivity contribution >= 4 is 23.1 Å². The first-order valence-corrected chi connectivity index (χ1v) is 6.71. The van der Waals surface area contributed by atoms with Crippen molar-refractivity contribution in [1.29, 1.82) is 0 Å². The number of fused-ring (bicyclic) bond motifs is 1. The highest BCUT2D eigenvalue weighted by Crippen LogP contribution is 2.26. The lowest BCUT2D eigenvalue weighted by Gasteiger charge is -2.03. The summed E-state index contributed by atoms with van der Waals surface area (Å²) in [6.07, 6.45) is 3.45. The van der Waals surface area contributed by atoms with Crippen LogP contribution in [0.4, 0.5) is 0 Å². The number of nitrogens with one attached hydrogen (secondary N) is 1. The molecule has 1 heterocycles. The monoisotopic (exact) mass is 294 g/mol. The topological polar surface area (TPSA) is 75.2 Å². The van der Waals surface area contributed by atoms with Crippen molar-refractivity contribution in [2.75, 3.05) is 7.11 Å². The maximum atomic E-state index is 12.0. The van der Waals surface area contributed by atoms with Crippen LogP contribution in [-0.4, -0.2) is 22.2 Å². The molecule has 5 nitrogen and oxygen atoms in total. The van der Waals surface area contributed by atoms with E-state index in [0.29, 0.717) is 22.5 Å². The molecule has 2 N–H and O–H groups in total. The van der Waals surface area contributed by atoms with Crippen LogP contribution in [0.1, 0.15) is 11.4 Å². The number of ether oxygens (including phenoxy) is 1. The zero-order valence-electron chi connectivity index (χ0n) is 11.9. The summed E-state index contributed by atoms with van der Waals surface area (Å²) < 4.78 is 4.99. The largest absolute Gasteiger partial charge is 0.504 e. The summed E-state index contributed by atoms with van der Waals surface area (Å²) >= 11 is 0. The van der Waals surface area contributed by atoms with E-state index in [-0.39, 0.29) is 11.3 Å². The Bertz CT molecular complexity index is 913. The fourth-order valence-corrected chi connectivity index (χ4v) is 2.17. The van der Waals surface area contributed by atoms with Crippen molar-refractivity contribution in [2.24, 2.45) is 0 Å². The van der Waals surface area contributed by atoms with Crippen LogP contribution in [0.15, 0.2) is 47.3 Å². The van der Waals surface area contributed by atoms with Crippen molar-refractivity contribution in [3.63, 3.8) is 0 Å². The van der Waals surface area contributed by atoms with E-state index in [2.05, 4.69) is 9.97 Å². The molecule has 3 aromatic rings. The minimum Gasteiger partial charge on any atom is -0.504 e. The Kier molecular flexibility index (Phi) is 3.62.